The maximum atomic E-state index is 11.9. The fraction of sp³-hybridized carbons (Fsp3) is 0.400. The van der Waals surface area contributed by atoms with Gasteiger partial charge < -0.3 is 14.6 Å². The number of hydrogen-bond acceptors (Lipinski definition) is 3. The van der Waals surface area contributed by atoms with E-state index in [0.717, 1.165) is 43.0 Å². The molecule has 5 heteroatoms. The first kappa shape index (κ1) is 17.3. The number of nitrogens with zero attached hydrogens (tertiary/aromatic N) is 1. The lowest BCUT2D eigenvalue weighted by molar-refractivity contribution is -0.127. The fourth-order valence-corrected chi connectivity index (χ4v) is 3.03. The molecule has 5 nitrogen and oxygen atoms in total. The first-order valence-electron chi connectivity index (χ1n) is 8.91. The molecule has 0 aliphatic carbocycles. The predicted molar refractivity (Wildman–Crippen MR) is 95.9 cm³/mol. The molecule has 132 valence electrons. The smallest absolute Gasteiger partial charge is 0.222 e. The van der Waals surface area contributed by atoms with E-state index in [0.29, 0.717) is 25.8 Å². The van der Waals surface area contributed by atoms with Gasteiger partial charge in [0.1, 0.15) is 11.5 Å². The van der Waals surface area contributed by atoms with Crippen molar-refractivity contribution in [2.24, 2.45) is 0 Å². The predicted octanol–water partition coefficient (Wildman–Crippen LogP) is 3.01. The zero-order valence-electron chi connectivity index (χ0n) is 14.4. The average Bonchev–Trinajstić information content (AvgIpc) is 3.27. The second kappa shape index (κ2) is 8.51. The van der Waals surface area contributed by atoms with Crippen molar-refractivity contribution in [3.8, 4) is 11.3 Å². The fourth-order valence-electron chi connectivity index (χ4n) is 3.03. The topological polar surface area (TPSA) is 62.6 Å². The van der Waals surface area contributed by atoms with E-state index in [1.807, 2.05) is 47.4 Å². The number of hydrogen-bond donors (Lipinski definition) is 1. The molecule has 0 saturated carbocycles. The lowest BCUT2D eigenvalue weighted by Crippen LogP contribution is -2.30. The van der Waals surface area contributed by atoms with E-state index < -0.39 is 0 Å². The molecule has 1 aromatic heterocycles. The molecule has 1 aromatic carbocycles. The molecule has 0 spiro atoms. The Morgan fingerprint density at radius 1 is 1.16 bits per heavy atom. The normalized spacial score (nSPS) is 14.1. The van der Waals surface area contributed by atoms with Crippen LogP contribution in [0, 0.1) is 0 Å². The van der Waals surface area contributed by atoms with Gasteiger partial charge in [-0.25, -0.2) is 0 Å². The third-order valence-corrected chi connectivity index (χ3v) is 4.42. The number of rotatable bonds is 8. The van der Waals surface area contributed by atoms with E-state index in [1.54, 1.807) is 0 Å². The first-order valence-corrected chi connectivity index (χ1v) is 8.91. The minimum Gasteiger partial charge on any atom is -0.461 e. The van der Waals surface area contributed by atoms with Crippen molar-refractivity contribution in [2.75, 3.05) is 19.6 Å². The lowest BCUT2D eigenvalue weighted by Gasteiger charge is -2.15. The van der Waals surface area contributed by atoms with Gasteiger partial charge in [-0.1, -0.05) is 30.3 Å². The third-order valence-electron chi connectivity index (χ3n) is 4.42. The first-order chi connectivity index (χ1) is 12.2. The number of benzene rings is 1. The summed E-state index contributed by atoms with van der Waals surface area (Å²) in [5, 5.41) is 2.91. The molecule has 1 aliphatic rings. The number of carbonyl (C=O) groups excluding carboxylic acids is 2. The van der Waals surface area contributed by atoms with Crippen molar-refractivity contribution >= 4 is 11.8 Å². The highest BCUT2D eigenvalue weighted by Crippen LogP contribution is 2.22. The van der Waals surface area contributed by atoms with Crippen LogP contribution in [0.2, 0.25) is 0 Å². The Morgan fingerprint density at radius 2 is 2.00 bits per heavy atom. The quantitative estimate of drug-likeness (QED) is 0.752. The molecule has 2 amide bonds. The lowest BCUT2D eigenvalue weighted by atomic mass is 10.2. The van der Waals surface area contributed by atoms with Crippen molar-refractivity contribution in [3.63, 3.8) is 0 Å². The zero-order chi connectivity index (χ0) is 17.5. The van der Waals surface area contributed by atoms with Gasteiger partial charge in [0.2, 0.25) is 11.8 Å². The SMILES string of the molecule is O=C(CCc1ccc(-c2ccccc2)o1)NCCCN1CCCC1=O. The molecule has 3 rings (SSSR count). The number of amides is 2. The minimum absolute atomic E-state index is 0.0189. The van der Waals surface area contributed by atoms with Gasteiger partial charge in [-0.05, 0) is 25.0 Å². The van der Waals surface area contributed by atoms with E-state index >= 15 is 0 Å². The number of aryl methyl sites for hydroxylation is 1. The highest BCUT2D eigenvalue weighted by Gasteiger charge is 2.19. The maximum absolute atomic E-state index is 11.9. The van der Waals surface area contributed by atoms with E-state index in [-0.39, 0.29) is 11.8 Å². The van der Waals surface area contributed by atoms with Crippen LogP contribution >= 0.6 is 0 Å². The van der Waals surface area contributed by atoms with E-state index in [9.17, 15) is 9.59 Å². The summed E-state index contributed by atoms with van der Waals surface area (Å²) in [4.78, 5) is 25.3. The van der Waals surface area contributed by atoms with Gasteiger partial charge in [-0.2, -0.15) is 0 Å². The van der Waals surface area contributed by atoms with Gasteiger partial charge in [0.25, 0.3) is 0 Å². The summed E-state index contributed by atoms with van der Waals surface area (Å²) >= 11 is 0. The van der Waals surface area contributed by atoms with E-state index in [4.69, 9.17) is 4.42 Å². The number of likely N-dealkylation sites (tertiary alicyclic amines) is 1. The minimum atomic E-state index is 0.0189. The molecule has 2 aromatic rings. The molecule has 1 fully saturated rings. The number of furan rings is 1. The summed E-state index contributed by atoms with van der Waals surface area (Å²) in [5.74, 6) is 1.90. The summed E-state index contributed by atoms with van der Waals surface area (Å²) in [6.07, 6.45) is 3.42. The van der Waals surface area contributed by atoms with Gasteiger partial charge in [-0.3, -0.25) is 9.59 Å². The Labute approximate surface area is 148 Å². The van der Waals surface area contributed by atoms with Crippen LogP contribution in [0.5, 0.6) is 0 Å². The van der Waals surface area contributed by atoms with Crippen molar-refractivity contribution in [2.45, 2.75) is 32.1 Å². The highest BCUT2D eigenvalue weighted by atomic mass is 16.3. The summed E-state index contributed by atoms with van der Waals surface area (Å²) in [7, 11) is 0. The van der Waals surface area contributed by atoms with Gasteiger partial charge >= 0.3 is 0 Å². The van der Waals surface area contributed by atoms with Crippen LogP contribution in [0.1, 0.15) is 31.4 Å². The van der Waals surface area contributed by atoms with Crippen LogP contribution in [0.4, 0.5) is 0 Å². The molecular formula is C20H24N2O3. The van der Waals surface area contributed by atoms with Crippen LogP contribution in [0.25, 0.3) is 11.3 Å². The van der Waals surface area contributed by atoms with Crippen molar-refractivity contribution in [1.82, 2.24) is 10.2 Å². The Bertz CT molecular complexity index is 709. The van der Waals surface area contributed by atoms with Gasteiger partial charge in [0.15, 0.2) is 0 Å². The Morgan fingerprint density at radius 3 is 2.76 bits per heavy atom. The van der Waals surface area contributed by atoms with Crippen LogP contribution in [-0.4, -0.2) is 36.3 Å². The molecule has 1 saturated heterocycles. The average molecular weight is 340 g/mol. The third kappa shape index (κ3) is 4.95. The molecular weight excluding hydrogens is 316 g/mol. The molecule has 0 atom stereocenters. The summed E-state index contributed by atoms with van der Waals surface area (Å²) in [6, 6.07) is 13.8. The van der Waals surface area contributed by atoms with Crippen molar-refractivity contribution in [1.29, 1.82) is 0 Å². The van der Waals surface area contributed by atoms with Crippen LogP contribution < -0.4 is 5.32 Å². The standard InChI is InChI=1S/C20H24N2O3/c23-19(21-13-5-15-22-14-4-8-20(22)24)12-10-17-9-11-18(25-17)16-6-2-1-3-7-16/h1-3,6-7,9,11H,4-5,8,10,12-15H2,(H,21,23). The zero-order valence-corrected chi connectivity index (χ0v) is 14.4. The Hall–Kier alpha value is -2.56. The van der Waals surface area contributed by atoms with Gasteiger partial charge in [0.05, 0.1) is 0 Å². The second-order valence-electron chi connectivity index (χ2n) is 6.32. The van der Waals surface area contributed by atoms with Crippen molar-refractivity contribution < 1.29 is 14.0 Å². The van der Waals surface area contributed by atoms with Gasteiger partial charge in [-0.15, -0.1) is 0 Å². The van der Waals surface area contributed by atoms with Crippen LogP contribution in [0.15, 0.2) is 46.9 Å². The largest absolute Gasteiger partial charge is 0.461 e. The van der Waals surface area contributed by atoms with Crippen LogP contribution in [0.3, 0.4) is 0 Å². The molecule has 0 radical (unpaired) electrons. The van der Waals surface area contributed by atoms with Crippen molar-refractivity contribution in [3.05, 3.63) is 48.2 Å². The molecule has 1 aliphatic heterocycles. The number of carbonyl (C=O) groups is 2. The summed E-state index contributed by atoms with van der Waals surface area (Å²) in [5.41, 5.74) is 1.04. The maximum Gasteiger partial charge on any atom is 0.222 e. The summed E-state index contributed by atoms with van der Waals surface area (Å²) in [6.45, 7) is 2.20. The molecule has 2 heterocycles. The van der Waals surface area contributed by atoms with E-state index in [2.05, 4.69) is 5.32 Å². The molecule has 0 unspecified atom stereocenters. The Balaban J connectivity index is 1.35. The Kier molecular flexibility index (Phi) is 5.88. The monoisotopic (exact) mass is 340 g/mol. The second-order valence-corrected chi connectivity index (χ2v) is 6.32. The molecule has 0 bridgehead atoms. The van der Waals surface area contributed by atoms with Crippen LogP contribution in [-0.2, 0) is 16.0 Å². The highest BCUT2D eigenvalue weighted by molar-refractivity contribution is 5.78. The van der Waals surface area contributed by atoms with E-state index in [1.165, 1.54) is 0 Å². The summed E-state index contributed by atoms with van der Waals surface area (Å²) < 4.78 is 5.80. The molecule has 1 N–H and O–H groups in total. The van der Waals surface area contributed by atoms with Gasteiger partial charge in [0, 0.05) is 44.5 Å². The number of nitrogens with one attached hydrogen (secondary N) is 1. The molecule has 25 heavy (non-hydrogen) atoms.